The quantitative estimate of drug-likeness (QED) is 0.867. The Morgan fingerprint density at radius 2 is 1.96 bits per heavy atom. The smallest absolute Gasteiger partial charge is 0.130 e. The average Bonchev–Trinajstić information content (AvgIpc) is 2.56. The second-order valence-electron chi connectivity index (χ2n) is 5.57. The molecule has 0 saturated heterocycles. The second-order valence-corrected chi connectivity index (χ2v) is 6.41. The van der Waals surface area contributed by atoms with Crippen LogP contribution in [-0.2, 0) is 6.42 Å². The van der Waals surface area contributed by atoms with Crippen LogP contribution in [0.25, 0.3) is 0 Å². The lowest BCUT2D eigenvalue weighted by Crippen LogP contribution is -2.32. The van der Waals surface area contributed by atoms with E-state index in [0.717, 1.165) is 0 Å². The molecule has 2 N–H and O–H groups in total. The summed E-state index contributed by atoms with van der Waals surface area (Å²) >= 11 is 12.2. The van der Waals surface area contributed by atoms with Crippen LogP contribution in [-0.4, -0.2) is 11.7 Å². The fourth-order valence-electron chi connectivity index (χ4n) is 2.67. The molecule has 1 aliphatic heterocycles. The molecular formula is C18H13Cl2FN4. The van der Waals surface area contributed by atoms with Crippen molar-refractivity contribution in [1.29, 1.82) is 5.26 Å². The molecule has 1 aliphatic rings. The second kappa shape index (κ2) is 7.22. The molecule has 0 bridgehead atoms. The molecule has 0 radical (unpaired) electrons. The minimum Gasteiger partial charge on any atom is -0.386 e. The normalized spacial score (nSPS) is 19.8. The van der Waals surface area contributed by atoms with Crippen molar-refractivity contribution in [2.75, 3.05) is 0 Å². The highest BCUT2D eigenvalue weighted by molar-refractivity contribution is 6.35. The van der Waals surface area contributed by atoms with Crippen LogP contribution < -0.4 is 5.73 Å². The maximum atomic E-state index is 13.9. The third kappa shape index (κ3) is 3.65. The van der Waals surface area contributed by atoms with E-state index in [1.807, 2.05) is 0 Å². The zero-order valence-electron chi connectivity index (χ0n) is 13.0. The number of nitrogens with zero attached hydrogens (tertiary/aromatic N) is 3. The molecule has 0 aromatic heterocycles. The molecule has 2 unspecified atom stereocenters. The molecule has 3 rings (SSSR count). The summed E-state index contributed by atoms with van der Waals surface area (Å²) in [7, 11) is 0. The highest BCUT2D eigenvalue weighted by Crippen LogP contribution is 2.35. The van der Waals surface area contributed by atoms with Gasteiger partial charge in [0.1, 0.15) is 29.4 Å². The lowest BCUT2D eigenvalue weighted by molar-refractivity contribution is 0.613. The summed E-state index contributed by atoms with van der Waals surface area (Å²) in [4.78, 5) is 8.69. The number of nitrogens with two attached hydrogens (primary N) is 1. The van der Waals surface area contributed by atoms with Gasteiger partial charge in [-0.3, -0.25) is 4.99 Å². The van der Waals surface area contributed by atoms with Gasteiger partial charge in [0.15, 0.2) is 0 Å². The highest BCUT2D eigenvalue weighted by atomic mass is 35.5. The summed E-state index contributed by atoms with van der Waals surface area (Å²) in [5.41, 5.74) is 7.04. The summed E-state index contributed by atoms with van der Waals surface area (Å²) in [6.45, 7) is 0. The molecule has 0 amide bonds. The summed E-state index contributed by atoms with van der Waals surface area (Å²) in [5, 5.41) is 10.3. The first kappa shape index (κ1) is 17.4. The molecule has 2 atom stereocenters. The number of amidine groups is 2. The first-order valence-corrected chi connectivity index (χ1v) is 8.24. The van der Waals surface area contributed by atoms with Gasteiger partial charge in [0.2, 0.25) is 0 Å². The van der Waals surface area contributed by atoms with Gasteiger partial charge in [-0.1, -0.05) is 47.5 Å². The van der Waals surface area contributed by atoms with Crippen LogP contribution in [0.5, 0.6) is 0 Å². The van der Waals surface area contributed by atoms with Gasteiger partial charge in [0, 0.05) is 16.5 Å². The summed E-state index contributed by atoms with van der Waals surface area (Å²) in [6, 6.07) is 12.8. The van der Waals surface area contributed by atoms with Crippen molar-refractivity contribution in [3.8, 4) is 6.07 Å². The molecule has 2 aromatic rings. The number of rotatable bonds is 3. The Balaban J connectivity index is 2.01. The van der Waals surface area contributed by atoms with E-state index in [2.05, 4.69) is 16.1 Å². The predicted octanol–water partition coefficient (Wildman–Crippen LogP) is 4.33. The Morgan fingerprint density at radius 3 is 2.64 bits per heavy atom. The van der Waals surface area contributed by atoms with Gasteiger partial charge in [-0.15, -0.1) is 0 Å². The van der Waals surface area contributed by atoms with Gasteiger partial charge in [-0.05, 0) is 29.3 Å². The fraction of sp³-hybridized carbons (Fsp3) is 0.167. The predicted molar refractivity (Wildman–Crippen MR) is 97.5 cm³/mol. The summed E-state index contributed by atoms with van der Waals surface area (Å²) in [6.07, 6.45) is 0.174. The molecule has 7 heteroatoms. The van der Waals surface area contributed by atoms with Gasteiger partial charge in [0.25, 0.3) is 0 Å². The molecule has 4 nitrogen and oxygen atoms in total. The number of aliphatic imine (C=N–C) groups is 2. The van der Waals surface area contributed by atoms with Crippen molar-refractivity contribution in [3.63, 3.8) is 0 Å². The van der Waals surface area contributed by atoms with E-state index in [4.69, 9.17) is 28.9 Å². The minimum atomic E-state index is -0.747. The Morgan fingerprint density at radius 1 is 1.20 bits per heavy atom. The minimum absolute atomic E-state index is 0.139. The lowest BCUT2D eigenvalue weighted by atomic mass is 9.92. The average molecular weight is 375 g/mol. The first-order chi connectivity index (χ1) is 12.0. The fourth-order valence-corrected chi connectivity index (χ4v) is 3.19. The third-order valence-electron chi connectivity index (χ3n) is 3.91. The van der Waals surface area contributed by atoms with E-state index in [-0.39, 0.29) is 18.1 Å². The Bertz CT molecular complexity index is 918. The van der Waals surface area contributed by atoms with Gasteiger partial charge in [-0.25, -0.2) is 9.38 Å². The van der Waals surface area contributed by atoms with Gasteiger partial charge >= 0.3 is 0 Å². The van der Waals surface area contributed by atoms with Gasteiger partial charge < -0.3 is 5.73 Å². The molecule has 0 fully saturated rings. The van der Waals surface area contributed by atoms with Crippen molar-refractivity contribution in [3.05, 3.63) is 69.5 Å². The molecule has 2 aromatic carbocycles. The first-order valence-electron chi connectivity index (χ1n) is 7.48. The summed E-state index contributed by atoms with van der Waals surface area (Å²) < 4.78 is 13.9. The SMILES string of the molecule is N#CC1C(N)=NC(Cc2ccccc2F)=NC1c1ccc(Cl)cc1Cl. The van der Waals surface area contributed by atoms with E-state index < -0.39 is 12.0 Å². The van der Waals surface area contributed by atoms with E-state index in [0.29, 0.717) is 27.0 Å². The molecule has 1 heterocycles. The Labute approximate surface area is 154 Å². The summed E-state index contributed by atoms with van der Waals surface area (Å²) in [5.74, 6) is -0.601. The highest BCUT2D eigenvalue weighted by Gasteiger charge is 2.32. The molecule has 25 heavy (non-hydrogen) atoms. The maximum Gasteiger partial charge on any atom is 0.130 e. The Kier molecular flexibility index (Phi) is 5.03. The van der Waals surface area contributed by atoms with Crippen LogP contribution in [0.3, 0.4) is 0 Å². The number of nitriles is 1. The number of halogens is 3. The Hall–Kier alpha value is -2.42. The molecule has 0 saturated carbocycles. The number of benzene rings is 2. The van der Waals surface area contributed by atoms with Crippen molar-refractivity contribution in [2.45, 2.75) is 12.5 Å². The van der Waals surface area contributed by atoms with Crippen LogP contribution >= 0.6 is 23.2 Å². The van der Waals surface area contributed by atoms with Crippen molar-refractivity contribution in [2.24, 2.45) is 21.6 Å². The van der Waals surface area contributed by atoms with E-state index >= 15 is 0 Å². The van der Waals surface area contributed by atoms with Gasteiger partial charge in [-0.2, -0.15) is 5.26 Å². The van der Waals surface area contributed by atoms with Gasteiger partial charge in [0.05, 0.1) is 6.07 Å². The van der Waals surface area contributed by atoms with Crippen molar-refractivity contribution >= 4 is 34.9 Å². The van der Waals surface area contributed by atoms with E-state index in [9.17, 15) is 9.65 Å². The molecular weight excluding hydrogens is 362 g/mol. The number of hydrogen-bond donors (Lipinski definition) is 1. The zero-order chi connectivity index (χ0) is 18.0. The largest absolute Gasteiger partial charge is 0.386 e. The number of hydrogen-bond acceptors (Lipinski definition) is 4. The lowest BCUT2D eigenvalue weighted by Gasteiger charge is -2.24. The van der Waals surface area contributed by atoms with Crippen LogP contribution in [0.4, 0.5) is 4.39 Å². The van der Waals surface area contributed by atoms with E-state index in [1.165, 1.54) is 6.07 Å². The zero-order valence-corrected chi connectivity index (χ0v) is 14.5. The van der Waals surface area contributed by atoms with Crippen LogP contribution in [0.1, 0.15) is 17.2 Å². The topological polar surface area (TPSA) is 74.5 Å². The van der Waals surface area contributed by atoms with Crippen LogP contribution in [0.15, 0.2) is 52.4 Å². The molecule has 0 aliphatic carbocycles. The monoisotopic (exact) mass is 374 g/mol. The molecule has 0 spiro atoms. The van der Waals surface area contributed by atoms with Crippen molar-refractivity contribution in [1.82, 2.24) is 0 Å². The van der Waals surface area contributed by atoms with Crippen LogP contribution in [0, 0.1) is 23.1 Å². The van der Waals surface area contributed by atoms with Crippen LogP contribution in [0.2, 0.25) is 10.0 Å². The maximum absolute atomic E-state index is 13.9. The van der Waals surface area contributed by atoms with E-state index in [1.54, 1.807) is 36.4 Å². The standard InChI is InChI=1S/C18H13Cl2FN4/c19-11-5-6-12(14(20)8-11)17-13(9-22)18(23)25-16(24-17)7-10-3-1-2-4-15(10)21/h1-6,8,13,17H,7H2,(H2,23,24,25). The van der Waals surface area contributed by atoms with Crippen molar-refractivity contribution < 1.29 is 4.39 Å². The molecule has 126 valence electrons. The third-order valence-corrected chi connectivity index (χ3v) is 4.47.